The summed E-state index contributed by atoms with van der Waals surface area (Å²) in [7, 11) is 7.96. The van der Waals surface area contributed by atoms with E-state index in [2.05, 4.69) is 53.0 Å². The van der Waals surface area contributed by atoms with Crippen LogP contribution in [-0.4, -0.2) is 35.4 Å². The van der Waals surface area contributed by atoms with E-state index in [4.69, 9.17) is 0 Å². The Labute approximate surface area is 113 Å². The summed E-state index contributed by atoms with van der Waals surface area (Å²) in [6, 6.07) is 5.62. The molecule has 0 unspecified atom stereocenters. The van der Waals surface area contributed by atoms with Crippen LogP contribution in [0.3, 0.4) is 0 Å². The Kier molecular flexibility index (Phi) is 9.33. The van der Waals surface area contributed by atoms with Gasteiger partial charge in [-0.3, -0.25) is 4.98 Å². The molecule has 4 nitrogen and oxygen atoms in total. The third-order valence-electron chi connectivity index (χ3n) is 1.45. The number of hydrogen-bond donors (Lipinski definition) is 0. The third-order valence-corrected chi connectivity index (χ3v) is 2.00. The SMILES string of the molecule is CN(C)C([SH2+])=NN=Cc1ccccn1.[Cl][Cu+]. The van der Waals surface area contributed by atoms with Gasteiger partial charge in [-0.1, -0.05) is 11.2 Å². The van der Waals surface area contributed by atoms with Crippen LogP contribution in [-0.2, 0) is 27.7 Å². The molecule has 0 aliphatic heterocycles. The Morgan fingerprint density at radius 2 is 2.19 bits per heavy atom. The van der Waals surface area contributed by atoms with E-state index in [1.807, 2.05) is 37.2 Å². The van der Waals surface area contributed by atoms with Crippen molar-refractivity contribution in [1.29, 1.82) is 0 Å². The molecule has 0 fully saturated rings. The fourth-order valence-corrected chi connectivity index (χ4v) is 0.742. The molecular formula is C9H13ClCuN4S+2. The number of rotatable bonds is 2. The fourth-order valence-electron chi connectivity index (χ4n) is 0.684. The van der Waals surface area contributed by atoms with Gasteiger partial charge in [-0.05, 0) is 12.1 Å². The van der Waals surface area contributed by atoms with E-state index in [1.165, 1.54) is 0 Å². The van der Waals surface area contributed by atoms with Crippen LogP contribution in [0.15, 0.2) is 34.6 Å². The van der Waals surface area contributed by atoms with Crippen LogP contribution < -0.4 is 0 Å². The second kappa shape index (κ2) is 9.66. The zero-order chi connectivity index (χ0) is 12.4. The van der Waals surface area contributed by atoms with Gasteiger partial charge in [0.15, 0.2) is 0 Å². The Morgan fingerprint density at radius 3 is 2.69 bits per heavy atom. The van der Waals surface area contributed by atoms with Crippen molar-refractivity contribution >= 4 is 34.1 Å². The van der Waals surface area contributed by atoms with Gasteiger partial charge in [0, 0.05) is 32.9 Å². The minimum atomic E-state index is 0.664. The summed E-state index contributed by atoms with van der Waals surface area (Å²) in [4.78, 5) is 5.88. The number of halogens is 1. The summed E-state index contributed by atoms with van der Waals surface area (Å²) >= 11 is 6.97. The summed E-state index contributed by atoms with van der Waals surface area (Å²) in [5, 5.41) is 8.44. The van der Waals surface area contributed by atoms with Crippen molar-refractivity contribution < 1.29 is 15.1 Å². The van der Waals surface area contributed by atoms with Crippen LogP contribution in [0.5, 0.6) is 0 Å². The van der Waals surface area contributed by atoms with E-state index in [0.29, 0.717) is 5.17 Å². The predicted octanol–water partition coefficient (Wildman–Crippen LogP) is 1.03. The van der Waals surface area contributed by atoms with Crippen LogP contribution in [0, 0.1) is 0 Å². The molecule has 0 saturated heterocycles. The van der Waals surface area contributed by atoms with Gasteiger partial charge < -0.3 is 4.90 Å². The Hall–Kier alpha value is -0.551. The monoisotopic (exact) mass is 307 g/mol. The summed E-state index contributed by atoms with van der Waals surface area (Å²) < 4.78 is 0. The number of hydrogen-bond acceptors (Lipinski definition) is 3. The second-order valence-corrected chi connectivity index (χ2v) is 3.26. The van der Waals surface area contributed by atoms with Crippen LogP contribution in [0.25, 0.3) is 0 Å². The van der Waals surface area contributed by atoms with Crippen LogP contribution in [0.4, 0.5) is 0 Å². The molecule has 0 saturated carbocycles. The van der Waals surface area contributed by atoms with Gasteiger partial charge in [-0.2, -0.15) is 5.10 Å². The van der Waals surface area contributed by atoms with E-state index >= 15 is 0 Å². The van der Waals surface area contributed by atoms with Gasteiger partial charge in [0.1, 0.15) is 0 Å². The van der Waals surface area contributed by atoms with Crippen LogP contribution in [0.2, 0.25) is 0 Å². The molecule has 1 aromatic heterocycles. The molecule has 0 atom stereocenters. The molecule has 1 aromatic rings. The number of nitrogens with zero attached hydrogens (tertiary/aromatic N) is 4. The van der Waals surface area contributed by atoms with E-state index < -0.39 is 0 Å². The van der Waals surface area contributed by atoms with Gasteiger partial charge in [-0.25, -0.2) is 0 Å². The van der Waals surface area contributed by atoms with Crippen LogP contribution in [0.1, 0.15) is 5.69 Å². The molecule has 0 amide bonds. The maximum atomic E-state index is 4.20. The first-order valence-electron chi connectivity index (χ1n) is 4.22. The topological polar surface area (TPSA) is 40.9 Å². The first kappa shape index (κ1) is 15.4. The predicted molar refractivity (Wildman–Crippen MR) is 69.0 cm³/mol. The summed E-state index contributed by atoms with van der Waals surface area (Å²) in [6.45, 7) is 0. The quantitative estimate of drug-likeness (QED) is 0.269. The van der Waals surface area contributed by atoms with E-state index in [-0.39, 0.29) is 0 Å². The average Bonchev–Trinajstić information content (AvgIpc) is 2.33. The van der Waals surface area contributed by atoms with Crippen molar-refractivity contribution in [3.8, 4) is 0 Å². The number of amidine groups is 1. The average molecular weight is 308 g/mol. The van der Waals surface area contributed by atoms with Crippen molar-refractivity contribution in [2.24, 2.45) is 10.2 Å². The Morgan fingerprint density at radius 1 is 1.50 bits per heavy atom. The number of aromatic nitrogens is 1. The molecule has 91 valence electrons. The molecule has 1 heterocycles. The van der Waals surface area contributed by atoms with E-state index in [9.17, 15) is 0 Å². The first-order chi connectivity index (χ1) is 7.70. The van der Waals surface area contributed by atoms with Crippen molar-refractivity contribution in [3.63, 3.8) is 0 Å². The molecule has 0 aliphatic rings. The van der Waals surface area contributed by atoms with Crippen molar-refractivity contribution in [2.45, 2.75) is 0 Å². The molecule has 0 aromatic carbocycles. The van der Waals surface area contributed by atoms with E-state index in [1.54, 1.807) is 12.4 Å². The summed E-state index contributed by atoms with van der Waals surface area (Å²) in [5.74, 6) is 0. The van der Waals surface area contributed by atoms with E-state index in [0.717, 1.165) is 5.69 Å². The Balaban J connectivity index is 0.00000106. The van der Waals surface area contributed by atoms with Gasteiger partial charge in [0.2, 0.25) is 0 Å². The summed E-state index contributed by atoms with van der Waals surface area (Å²) in [5.41, 5.74) is 0.787. The van der Waals surface area contributed by atoms with Crippen molar-refractivity contribution in [3.05, 3.63) is 30.1 Å². The standard InChI is InChI=1S/C9H12N4S.ClH.Cu/c1-13(2)9(14)12-11-7-8-5-3-4-6-10-8;;/h3-7H,1-2H3,(H,12,14);1H;/q;;+2. The normalized spacial score (nSPS) is 11.0. The van der Waals surface area contributed by atoms with Crippen LogP contribution >= 0.6 is 10.1 Å². The molecular weight excluding hydrogens is 295 g/mol. The zero-order valence-corrected chi connectivity index (χ0v) is 11.6. The van der Waals surface area contributed by atoms with Gasteiger partial charge in [-0.15, -0.1) is 0 Å². The number of pyridine rings is 1. The van der Waals surface area contributed by atoms with Gasteiger partial charge in [0.05, 0.1) is 11.9 Å². The zero-order valence-electron chi connectivity index (χ0n) is 8.86. The molecule has 7 heteroatoms. The van der Waals surface area contributed by atoms with Crippen molar-refractivity contribution in [1.82, 2.24) is 9.88 Å². The van der Waals surface area contributed by atoms with Gasteiger partial charge in [0.25, 0.3) is 0 Å². The first-order valence-corrected chi connectivity index (χ1v) is 6.02. The Bertz CT molecular complexity index is 343. The molecule has 0 aliphatic carbocycles. The third kappa shape index (κ3) is 6.85. The molecule has 0 N–H and O–H groups in total. The fraction of sp³-hybridized carbons (Fsp3) is 0.222. The van der Waals surface area contributed by atoms with Crippen molar-refractivity contribution in [2.75, 3.05) is 14.1 Å². The minimum absolute atomic E-state index is 0.664. The molecule has 1 rings (SSSR count). The molecule has 0 spiro atoms. The summed E-state index contributed by atoms with van der Waals surface area (Å²) in [6.07, 6.45) is 3.31. The molecule has 16 heavy (non-hydrogen) atoms. The second-order valence-electron chi connectivity index (χ2n) is 2.82. The maximum absolute atomic E-state index is 4.20. The molecule has 0 radical (unpaired) electrons. The molecule has 0 bridgehead atoms. The van der Waals surface area contributed by atoms with Gasteiger partial charge >= 0.3 is 30.4 Å².